The highest BCUT2D eigenvalue weighted by Crippen LogP contribution is 2.23. The number of aromatic nitrogens is 4. The number of hydrogen-bond acceptors (Lipinski definition) is 5. The third-order valence-corrected chi connectivity index (χ3v) is 4.62. The lowest BCUT2D eigenvalue weighted by atomic mass is 9.86. The van der Waals surface area contributed by atoms with E-state index in [0.717, 1.165) is 19.3 Å². The van der Waals surface area contributed by atoms with Crippen molar-refractivity contribution in [2.75, 3.05) is 0 Å². The fraction of sp³-hybridized carbons (Fsp3) is 0.471. The Morgan fingerprint density at radius 2 is 1.96 bits per heavy atom. The molecule has 0 radical (unpaired) electrons. The van der Waals surface area contributed by atoms with E-state index in [4.69, 9.17) is 5.73 Å². The number of nitrogens with one attached hydrogen (secondary N) is 1. The quantitative estimate of drug-likeness (QED) is 0.845. The third kappa shape index (κ3) is 4.20. The molecule has 8 heteroatoms. The van der Waals surface area contributed by atoms with Gasteiger partial charge in [-0.3, -0.25) is 9.59 Å². The summed E-state index contributed by atoms with van der Waals surface area (Å²) < 4.78 is 0. The number of rotatable bonds is 5. The second-order valence-corrected chi connectivity index (χ2v) is 6.52. The molecule has 1 saturated carbocycles. The van der Waals surface area contributed by atoms with Gasteiger partial charge in [-0.1, -0.05) is 31.9 Å². The number of primary amides is 1. The predicted octanol–water partition coefficient (Wildman–Crippen LogP) is 1.13. The van der Waals surface area contributed by atoms with Crippen LogP contribution in [0.1, 0.15) is 43.0 Å². The third-order valence-electron chi connectivity index (χ3n) is 4.62. The van der Waals surface area contributed by atoms with Crippen LogP contribution in [0.4, 0.5) is 0 Å². The Labute approximate surface area is 145 Å². The Morgan fingerprint density at radius 1 is 1.24 bits per heavy atom. The molecule has 0 bridgehead atoms. The van der Waals surface area contributed by atoms with Gasteiger partial charge in [0.15, 0.2) is 0 Å². The van der Waals surface area contributed by atoms with Crippen molar-refractivity contribution >= 4 is 11.8 Å². The standard InChI is InChI=1S/C17H22N6O2/c1-11-4-2-3-5-14(11)19-15(24)10-23-21-17(20-22-23)13-8-6-12(7-9-13)16(18)25/h6-9,11,14H,2-5,10H2,1H3,(H2,18,25)(H,19,24)/t11-,14+/m0/s1. The molecule has 0 saturated heterocycles. The molecule has 1 fully saturated rings. The minimum Gasteiger partial charge on any atom is -0.366 e. The molecule has 132 valence electrons. The smallest absolute Gasteiger partial charge is 0.248 e. The van der Waals surface area contributed by atoms with Crippen LogP contribution in [0.2, 0.25) is 0 Å². The first-order chi connectivity index (χ1) is 12.0. The fourth-order valence-electron chi connectivity index (χ4n) is 3.12. The number of carbonyl (C=O) groups excluding carboxylic acids is 2. The lowest BCUT2D eigenvalue weighted by Crippen LogP contribution is -2.42. The van der Waals surface area contributed by atoms with E-state index < -0.39 is 5.91 Å². The van der Waals surface area contributed by atoms with Gasteiger partial charge in [0.05, 0.1) is 0 Å². The van der Waals surface area contributed by atoms with Crippen molar-refractivity contribution in [3.63, 3.8) is 0 Å². The van der Waals surface area contributed by atoms with Crippen LogP contribution in [0.15, 0.2) is 24.3 Å². The lowest BCUT2D eigenvalue weighted by molar-refractivity contribution is -0.123. The zero-order valence-corrected chi connectivity index (χ0v) is 14.2. The molecule has 3 rings (SSSR count). The average molecular weight is 342 g/mol. The molecular formula is C17H22N6O2. The second kappa shape index (κ2) is 7.42. The monoisotopic (exact) mass is 342 g/mol. The van der Waals surface area contributed by atoms with Gasteiger partial charge in [0.1, 0.15) is 6.54 Å². The maximum atomic E-state index is 12.2. The van der Waals surface area contributed by atoms with Crippen LogP contribution in [0, 0.1) is 5.92 Å². The van der Waals surface area contributed by atoms with Gasteiger partial charge in [-0.25, -0.2) is 0 Å². The molecule has 2 amide bonds. The van der Waals surface area contributed by atoms with Crippen molar-refractivity contribution in [3.05, 3.63) is 29.8 Å². The molecule has 1 aliphatic carbocycles. The SMILES string of the molecule is C[C@H]1CCCC[C@H]1NC(=O)Cn1nnc(-c2ccc(C(N)=O)cc2)n1. The topological polar surface area (TPSA) is 116 Å². The number of tetrazole rings is 1. The van der Waals surface area contributed by atoms with Crippen molar-refractivity contribution in [3.8, 4) is 11.4 Å². The average Bonchev–Trinajstić information content (AvgIpc) is 3.05. The summed E-state index contributed by atoms with van der Waals surface area (Å²) in [4.78, 5) is 24.6. The molecule has 1 aromatic carbocycles. The van der Waals surface area contributed by atoms with E-state index in [2.05, 4.69) is 27.7 Å². The molecule has 1 heterocycles. The molecule has 2 atom stereocenters. The maximum Gasteiger partial charge on any atom is 0.248 e. The molecule has 0 aliphatic heterocycles. The number of carbonyl (C=O) groups is 2. The molecule has 25 heavy (non-hydrogen) atoms. The van der Waals surface area contributed by atoms with E-state index in [9.17, 15) is 9.59 Å². The van der Waals surface area contributed by atoms with Crippen LogP contribution in [-0.4, -0.2) is 38.1 Å². The lowest BCUT2D eigenvalue weighted by Gasteiger charge is -2.29. The molecule has 1 aliphatic rings. The summed E-state index contributed by atoms with van der Waals surface area (Å²) in [6.07, 6.45) is 4.56. The van der Waals surface area contributed by atoms with Crippen molar-refractivity contribution in [2.24, 2.45) is 11.7 Å². The van der Waals surface area contributed by atoms with E-state index in [0.29, 0.717) is 22.9 Å². The van der Waals surface area contributed by atoms with E-state index in [1.807, 2.05) is 0 Å². The number of benzene rings is 1. The molecule has 0 unspecified atom stereocenters. The molecule has 0 spiro atoms. The second-order valence-electron chi connectivity index (χ2n) is 6.52. The van der Waals surface area contributed by atoms with E-state index in [-0.39, 0.29) is 18.5 Å². The number of nitrogens with zero attached hydrogens (tertiary/aromatic N) is 4. The number of hydrogen-bond donors (Lipinski definition) is 2. The highest BCUT2D eigenvalue weighted by Gasteiger charge is 2.23. The summed E-state index contributed by atoms with van der Waals surface area (Å²) in [6.45, 7) is 2.21. The summed E-state index contributed by atoms with van der Waals surface area (Å²) >= 11 is 0. The number of amides is 2. The van der Waals surface area contributed by atoms with Gasteiger partial charge >= 0.3 is 0 Å². The molecule has 3 N–H and O–H groups in total. The fourth-order valence-corrected chi connectivity index (χ4v) is 3.12. The van der Waals surface area contributed by atoms with Gasteiger partial charge in [-0.2, -0.15) is 4.80 Å². The summed E-state index contributed by atoms with van der Waals surface area (Å²) in [5.74, 6) is 0.305. The highest BCUT2D eigenvalue weighted by molar-refractivity contribution is 5.93. The van der Waals surface area contributed by atoms with Crippen LogP contribution >= 0.6 is 0 Å². The van der Waals surface area contributed by atoms with Crippen molar-refractivity contribution < 1.29 is 9.59 Å². The van der Waals surface area contributed by atoms with Crippen LogP contribution in [0.5, 0.6) is 0 Å². The zero-order valence-electron chi connectivity index (χ0n) is 14.2. The largest absolute Gasteiger partial charge is 0.366 e. The van der Waals surface area contributed by atoms with Crippen LogP contribution in [0.3, 0.4) is 0 Å². The summed E-state index contributed by atoms with van der Waals surface area (Å²) in [7, 11) is 0. The van der Waals surface area contributed by atoms with E-state index in [1.54, 1.807) is 24.3 Å². The van der Waals surface area contributed by atoms with Gasteiger partial charge in [-0.15, -0.1) is 10.2 Å². The summed E-state index contributed by atoms with van der Waals surface area (Å²) in [5.41, 5.74) is 6.34. The van der Waals surface area contributed by atoms with Crippen molar-refractivity contribution in [1.82, 2.24) is 25.5 Å². The van der Waals surface area contributed by atoms with Gasteiger partial charge < -0.3 is 11.1 Å². The predicted molar refractivity (Wildman–Crippen MR) is 91.3 cm³/mol. The first kappa shape index (κ1) is 17.1. The van der Waals surface area contributed by atoms with Crippen molar-refractivity contribution in [1.29, 1.82) is 0 Å². The Balaban J connectivity index is 1.61. The maximum absolute atomic E-state index is 12.2. The van der Waals surface area contributed by atoms with Gasteiger partial charge in [0.25, 0.3) is 0 Å². The van der Waals surface area contributed by atoms with E-state index in [1.165, 1.54) is 11.2 Å². The summed E-state index contributed by atoms with van der Waals surface area (Å²) in [5, 5.41) is 15.2. The Morgan fingerprint density at radius 3 is 2.64 bits per heavy atom. The molecule has 1 aromatic heterocycles. The zero-order chi connectivity index (χ0) is 17.8. The summed E-state index contributed by atoms with van der Waals surface area (Å²) in [6, 6.07) is 6.84. The molecular weight excluding hydrogens is 320 g/mol. The van der Waals surface area contributed by atoms with Crippen LogP contribution in [0.25, 0.3) is 11.4 Å². The van der Waals surface area contributed by atoms with Gasteiger partial charge in [0.2, 0.25) is 17.6 Å². The highest BCUT2D eigenvalue weighted by atomic mass is 16.2. The molecule has 8 nitrogen and oxygen atoms in total. The van der Waals surface area contributed by atoms with Crippen molar-refractivity contribution in [2.45, 2.75) is 45.2 Å². The van der Waals surface area contributed by atoms with Crippen LogP contribution < -0.4 is 11.1 Å². The van der Waals surface area contributed by atoms with Gasteiger partial charge in [0, 0.05) is 17.2 Å². The van der Waals surface area contributed by atoms with E-state index >= 15 is 0 Å². The first-order valence-electron chi connectivity index (χ1n) is 8.50. The Bertz CT molecular complexity index is 755. The van der Waals surface area contributed by atoms with Gasteiger partial charge in [-0.05, 0) is 36.1 Å². The minimum atomic E-state index is -0.489. The first-order valence-corrected chi connectivity index (χ1v) is 8.50. The van der Waals surface area contributed by atoms with Crippen LogP contribution in [-0.2, 0) is 11.3 Å². The molecule has 2 aromatic rings. The number of nitrogens with two attached hydrogens (primary N) is 1. The Kier molecular flexibility index (Phi) is 5.06. The normalized spacial score (nSPS) is 20.2. The minimum absolute atomic E-state index is 0.0373. The Hall–Kier alpha value is -2.77.